The summed E-state index contributed by atoms with van der Waals surface area (Å²) in [5, 5.41) is 0. The number of aryl methyl sites for hydroxylation is 3. The Morgan fingerprint density at radius 2 is 1.58 bits per heavy atom. The molecular formula is C29H28N4O3. The van der Waals surface area contributed by atoms with Gasteiger partial charge in [0.1, 0.15) is 6.54 Å². The predicted octanol–water partition coefficient (Wildman–Crippen LogP) is 3.02. The number of carbonyl (C=O) groups excluding carboxylic acids is 3. The molecule has 3 amide bonds. The summed E-state index contributed by atoms with van der Waals surface area (Å²) in [5.41, 5.74) is 7.04. The number of imide groups is 1. The van der Waals surface area contributed by atoms with E-state index in [9.17, 15) is 14.4 Å². The van der Waals surface area contributed by atoms with Gasteiger partial charge in [0.2, 0.25) is 5.91 Å². The van der Waals surface area contributed by atoms with Crippen LogP contribution in [0.3, 0.4) is 0 Å². The van der Waals surface area contributed by atoms with Gasteiger partial charge in [0, 0.05) is 32.4 Å². The fourth-order valence-corrected chi connectivity index (χ4v) is 5.76. The van der Waals surface area contributed by atoms with Crippen molar-refractivity contribution in [2.75, 3.05) is 32.7 Å². The van der Waals surface area contributed by atoms with Crippen LogP contribution in [-0.2, 0) is 17.6 Å². The van der Waals surface area contributed by atoms with Crippen molar-refractivity contribution in [3.63, 3.8) is 0 Å². The first-order chi connectivity index (χ1) is 17.5. The number of nitrogens with zero attached hydrogens (tertiary/aromatic N) is 4. The zero-order chi connectivity index (χ0) is 24.8. The standard InChI is InChI=1S/C29H28N4O3/c1-19-8-11-22-21(17-19)10-9-20-5-4-12-30-26(20)27(22)32-15-13-31(14-16-32)25(34)18-33-28(35)23-6-2-3-7-24(23)29(33)36/h2-8,11-12,17,27H,9-10,13-16,18H2,1H3. The van der Waals surface area contributed by atoms with E-state index in [1.54, 1.807) is 29.2 Å². The normalized spacial score (nSPS) is 19.5. The molecule has 0 bridgehead atoms. The lowest BCUT2D eigenvalue weighted by Crippen LogP contribution is -2.52. The summed E-state index contributed by atoms with van der Waals surface area (Å²) < 4.78 is 0. The smallest absolute Gasteiger partial charge is 0.262 e. The average Bonchev–Trinajstić information content (AvgIpc) is 3.04. The Kier molecular flexibility index (Phi) is 5.64. The third-order valence-electron chi connectivity index (χ3n) is 7.65. The molecule has 1 unspecified atom stereocenters. The molecule has 1 aromatic heterocycles. The quantitative estimate of drug-likeness (QED) is 0.539. The number of aromatic nitrogens is 1. The van der Waals surface area contributed by atoms with Crippen molar-refractivity contribution in [2.24, 2.45) is 0 Å². The Labute approximate surface area is 210 Å². The molecule has 1 aliphatic carbocycles. The maximum atomic E-state index is 13.1. The van der Waals surface area contributed by atoms with Crippen LogP contribution in [0.1, 0.15) is 54.7 Å². The summed E-state index contributed by atoms with van der Waals surface area (Å²) in [6, 6.07) is 17.7. The number of carbonyl (C=O) groups is 3. The molecule has 1 fully saturated rings. The first kappa shape index (κ1) is 22.6. The molecule has 0 spiro atoms. The molecule has 1 saturated heterocycles. The van der Waals surface area contributed by atoms with Gasteiger partial charge in [-0.2, -0.15) is 0 Å². The molecule has 6 rings (SSSR count). The maximum absolute atomic E-state index is 13.1. The summed E-state index contributed by atoms with van der Waals surface area (Å²) >= 11 is 0. The zero-order valence-electron chi connectivity index (χ0n) is 20.3. The van der Waals surface area contributed by atoms with Crippen molar-refractivity contribution in [1.82, 2.24) is 19.7 Å². The van der Waals surface area contributed by atoms with Gasteiger partial charge >= 0.3 is 0 Å². The van der Waals surface area contributed by atoms with E-state index < -0.39 is 11.8 Å². The van der Waals surface area contributed by atoms with Crippen LogP contribution in [0.15, 0.2) is 60.8 Å². The van der Waals surface area contributed by atoms with E-state index in [0.717, 1.165) is 23.4 Å². The van der Waals surface area contributed by atoms with Gasteiger partial charge in [0.15, 0.2) is 0 Å². The lowest BCUT2D eigenvalue weighted by molar-refractivity contribution is -0.133. The number of fused-ring (bicyclic) bond motifs is 3. The first-order valence-corrected chi connectivity index (χ1v) is 12.5. The van der Waals surface area contributed by atoms with E-state index >= 15 is 0 Å². The van der Waals surface area contributed by atoms with Crippen LogP contribution in [-0.4, -0.2) is 70.1 Å². The van der Waals surface area contributed by atoms with Crippen molar-refractivity contribution in [3.8, 4) is 0 Å². The van der Waals surface area contributed by atoms with Crippen molar-refractivity contribution in [2.45, 2.75) is 25.8 Å². The van der Waals surface area contributed by atoms with E-state index in [4.69, 9.17) is 4.98 Å². The summed E-state index contributed by atoms with van der Waals surface area (Å²) in [4.78, 5) is 48.6. The summed E-state index contributed by atoms with van der Waals surface area (Å²) in [5.74, 6) is -0.981. The predicted molar refractivity (Wildman–Crippen MR) is 135 cm³/mol. The second-order valence-electron chi connectivity index (χ2n) is 9.81. The lowest BCUT2D eigenvalue weighted by atomic mass is 9.94. The molecule has 1 atom stereocenters. The summed E-state index contributed by atoms with van der Waals surface area (Å²) in [6.07, 6.45) is 3.83. The Morgan fingerprint density at radius 1 is 0.889 bits per heavy atom. The molecule has 2 aliphatic heterocycles. The Hall–Kier alpha value is -3.84. The highest BCUT2D eigenvalue weighted by atomic mass is 16.2. The van der Waals surface area contributed by atoms with Crippen LogP contribution >= 0.6 is 0 Å². The van der Waals surface area contributed by atoms with E-state index in [1.807, 2.05) is 12.3 Å². The highest BCUT2D eigenvalue weighted by molar-refractivity contribution is 6.22. The molecule has 3 aliphatic rings. The molecule has 3 heterocycles. The van der Waals surface area contributed by atoms with Gasteiger partial charge in [-0.15, -0.1) is 0 Å². The molecule has 36 heavy (non-hydrogen) atoms. The zero-order valence-corrected chi connectivity index (χ0v) is 20.3. The number of benzene rings is 2. The van der Waals surface area contributed by atoms with Crippen molar-refractivity contribution < 1.29 is 14.4 Å². The van der Waals surface area contributed by atoms with Gasteiger partial charge in [0.05, 0.1) is 22.9 Å². The topological polar surface area (TPSA) is 73.8 Å². The van der Waals surface area contributed by atoms with Crippen LogP contribution in [0.5, 0.6) is 0 Å². The molecule has 0 N–H and O–H groups in total. The van der Waals surface area contributed by atoms with Gasteiger partial charge in [-0.25, -0.2) is 0 Å². The molecule has 0 radical (unpaired) electrons. The van der Waals surface area contributed by atoms with E-state index in [-0.39, 0.29) is 18.5 Å². The van der Waals surface area contributed by atoms with E-state index in [1.165, 1.54) is 22.3 Å². The van der Waals surface area contributed by atoms with Gasteiger partial charge in [0.25, 0.3) is 11.8 Å². The third-order valence-corrected chi connectivity index (χ3v) is 7.65. The molecule has 7 nitrogen and oxygen atoms in total. The SMILES string of the molecule is Cc1ccc2c(c1)CCc1cccnc1C2N1CCN(C(=O)CN2C(=O)c3ccccc3C2=O)CC1. The summed E-state index contributed by atoms with van der Waals surface area (Å²) in [7, 11) is 0. The van der Waals surface area contributed by atoms with Crippen molar-refractivity contribution in [3.05, 3.63) is 99.9 Å². The van der Waals surface area contributed by atoms with E-state index in [0.29, 0.717) is 37.3 Å². The minimum absolute atomic E-state index is 0.0489. The van der Waals surface area contributed by atoms with E-state index in [2.05, 4.69) is 36.1 Å². The minimum Gasteiger partial charge on any atom is -0.339 e. The fourth-order valence-electron chi connectivity index (χ4n) is 5.76. The molecule has 0 saturated carbocycles. The average molecular weight is 481 g/mol. The second kappa shape index (κ2) is 8.99. The number of piperazine rings is 1. The number of amides is 3. The van der Waals surface area contributed by atoms with Crippen LogP contribution in [0.2, 0.25) is 0 Å². The van der Waals surface area contributed by atoms with Gasteiger partial charge in [-0.3, -0.25) is 29.2 Å². The molecule has 7 heteroatoms. The largest absolute Gasteiger partial charge is 0.339 e. The Balaban J connectivity index is 1.19. The van der Waals surface area contributed by atoms with Crippen molar-refractivity contribution >= 4 is 17.7 Å². The number of hydrogen-bond acceptors (Lipinski definition) is 5. The van der Waals surface area contributed by atoms with Gasteiger partial charge in [-0.1, -0.05) is 42.0 Å². The highest BCUT2D eigenvalue weighted by Crippen LogP contribution is 2.36. The first-order valence-electron chi connectivity index (χ1n) is 12.5. The number of pyridine rings is 1. The van der Waals surface area contributed by atoms with Crippen molar-refractivity contribution in [1.29, 1.82) is 0 Å². The maximum Gasteiger partial charge on any atom is 0.262 e. The molecule has 182 valence electrons. The number of rotatable bonds is 3. The lowest BCUT2D eigenvalue weighted by Gasteiger charge is -2.40. The highest BCUT2D eigenvalue weighted by Gasteiger charge is 2.38. The second-order valence-corrected chi connectivity index (χ2v) is 9.81. The monoisotopic (exact) mass is 480 g/mol. The van der Waals surface area contributed by atoms with Crippen LogP contribution in [0, 0.1) is 6.92 Å². The van der Waals surface area contributed by atoms with Gasteiger partial charge in [-0.05, 0) is 54.7 Å². The number of hydrogen-bond donors (Lipinski definition) is 0. The molecular weight excluding hydrogens is 452 g/mol. The molecule has 3 aromatic rings. The minimum atomic E-state index is -0.393. The Morgan fingerprint density at radius 3 is 2.31 bits per heavy atom. The Bertz CT molecular complexity index is 1340. The van der Waals surface area contributed by atoms with Crippen LogP contribution in [0.25, 0.3) is 0 Å². The van der Waals surface area contributed by atoms with Crippen LogP contribution in [0.4, 0.5) is 0 Å². The fraction of sp³-hybridized carbons (Fsp3) is 0.310. The molecule has 2 aromatic carbocycles. The van der Waals surface area contributed by atoms with Crippen LogP contribution < -0.4 is 0 Å². The van der Waals surface area contributed by atoms with Gasteiger partial charge < -0.3 is 4.90 Å². The summed E-state index contributed by atoms with van der Waals surface area (Å²) in [6.45, 7) is 4.39. The third kappa shape index (κ3) is 3.80.